The van der Waals surface area contributed by atoms with Gasteiger partial charge in [0.05, 0.1) is 28.4 Å². The first-order valence-corrected chi connectivity index (χ1v) is 8.63. The lowest BCUT2D eigenvalue weighted by Crippen LogP contribution is -2.44. The number of carboxylic acids is 1. The first kappa shape index (κ1) is 21.8. The number of carbonyl (C=O) groups is 3. The number of anilines is 2. The van der Waals surface area contributed by atoms with Crippen molar-refractivity contribution >= 4 is 29.3 Å². The fourth-order valence-corrected chi connectivity index (χ4v) is 3.28. The Hall–Kier alpha value is -3.94. The van der Waals surface area contributed by atoms with E-state index in [0.717, 1.165) is 35.2 Å². The van der Waals surface area contributed by atoms with Gasteiger partial charge >= 0.3 is 18.2 Å². The molecule has 7 nitrogen and oxygen atoms in total. The Morgan fingerprint density at radius 1 is 1.10 bits per heavy atom. The highest BCUT2D eigenvalue weighted by atomic mass is 19.4. The van der Waals surface area contributed by atoms with Crippen molar-refractivity contribution in [2.75, 3.05) is 9.80 Å². The van der Waals surface area contributed by atoms with Crippen LogP contribution < -0.4 is 9.80 Å². The Balaban J connectivity index is 2.12. The van der Waals surface area contributed by atoms with Crippen molar-refractivity contribution in [3.05, 3.63) is 58.9 Å². The summed E-state index contributed by atoms with van der Waals surface area (Å²) in [7, 11) is 0. The number of hydrogen-bond donors (Lipinski definition) is 1. The summed E-state index contributed by atoms with van der Waals surface area (Å²) in [4.78, 5) is 38.3. The summed E-state index contributed by atoms with van der Waals surface area (Å²) in [6.45, 7) is 2.62. The Morgan fingerprint density at radius 2 is 1.71 bits per heavy atom. The van der Waals surface area contributed by atoms with Gasteiger partial charge in [0.2, 0.25) is 0 Å². The van der Waals surface area contributed by atoms with Gasteiger partial charge in [-0.15, -0.1) is 0 Å². The van der Waals surface area contributed by atoms with Gasteiger partial charge in [-0.1, -0.05) is 0 Å². The summed E-state index contributed by atoms with van der Waals surface area (Å²) >= 11 is 0. The molecule has 0 radical (unpaired) electrons. The molecular weight excluding hydrogens is 422 g/mol. The van der Waals surface area contributed by atoms with Crippen LogP contribution in [-0.2, 0) is 11.0 Å². The number of nitriles is 1. The highest BCUT2D eigenvalue weighted by Crippen LogP contribution is 2.39. The molecule has 0 spiro atoms. The second-order valence-electron chi connectivity index (χ2n) is 7.13. The number of carbonyl (C=O) groups excluding carboxylic acids is 2. The van der Waals surface area contributed by atoms with Gasteiger partial charge < -0.3 is 5.11 Å². The third kappa shape index (κ3) is 3.46. The van der Waals surface area contributed by atoms with Gasteiger partial charge in [-0.25, -0.2) is 18.9 Å². The molecule has 1 aliphatic rings. The van der Waals surface area contributed by atoms with Crippen LogP contribution in [-0.4, -0.2) is 28.6 Å². The Morgan fingerprint density at radius 3 is 2.23 bits per heavy atom. The predicted octanol–water partition coefficient (Wildman–Crippen LogP) is 4.17. The third-order valence-corrected chi connectivity index (χ3v) is 4.80. The average molecular weight is 435 g/mol. The zero-order chi connectivity index (χ0) is 23.3. The number of benzene rings is 2. The lowest BCUT2D eigenvalue weighted by atomic mass is 10.0. The van der Waals surface area contributed by atoms with Gasteiger partial charge in [-0.3, -0.25) is 9.69 Å². The highest BCUT2D eigenvalue weighted by Gasteiger charge is 2.53. The van der Waals surface area contributed by atoms with Crippen LogP contribution in [0.5, 0.6) is 0 Å². The molecule has 1 aliphatic heterocycles. The molecule has 160 valence electrons. The average Bonchev–Trinajstić information content (AvgIpc) is 2.84. The number of rotatable bonds is 3. The summed E-state index contributed by atoms with van der Waals surface area (Å²) in [5.41, 5.74) is -4.85. The normalized spacial score (nSPS) is 15.9. The van der Waals surface area contributed by atoms with Gasteiger partial charge in [-0.2, -0.15) is 18.4 Å². The summed E-state index contributed by atoms with van der Waals surface area (Å²) in [5, 5.41) is 17.9. The quantitative estimate of drug-likeness (QED) is 0.576. The Kier molecular flexibility index (Phi) is 4.97. The summed E-state index contributed by atoms with van der Waals surface area (Å²) in [6, 6.07) is 5.50. The van der Waals surface area contributed by atoms with E-state index < -0.39 is 57.8 Å². The maximum atomic E-state index is 14.1. The zero-order valence-corrected chi connectivity index (χ0v) is 16.0. The van der Waals surface area contributed by atoms with E-state index in [1.165, 1.54) is 19.9 Å². The first-order chi connectivity index (χ1) is 14.3. The molecule has 3 rings (SSSR count). The molecule has 11 heteroatoms. The molecule has 0 aliphatic carbocycles. The van der Waals surface area contributed by atoms with Crippen LogP contribution in [0.4, 0.5) is 33.7 Å². The van der Waals surface area contributed by atoms with Gasteiger partial charge in [0.25, 0.3) is 5.91 Å². The lowest BCUT2D eigenvalue weighted by Gasteiger charge is -2.27. The van der Waals surface area contributed by atoms with Crippen molar-refractivity contribution in [3.63, 3.8) is 0 Å². The second kappa shape index (κ2) is 7.09. The maximum absolute atomic E-state index is 14.1. The molecule has 1 N–H and O–H groups in total. The van der Waals surface area contributed by atoms with Gasteiger partial charge in [0.1, 0.15) is 11.4 Å². The van der Waals surface area contributed by atoms with E-state index in [1.54, 1.807) is 0 Å². The molecule has 3 amide bonds. The van der Waals surface area contributed by atoms with Gasteiger partial charge in [-0.05, 0) is 50.2 Å². The number of hydrogen-bond acceptors (Lipinski definition) is 4. The molecule has 1 heterocycles. The summed E-state index contributed by atoms with van der Waals surface area (Å²) in [5.74, 6) is -3.58. The van der Waals surface area contributed by atoms with Crippen LogP contribution >= 0.6 is 0 Å². The maximum Gasteiger partial charge on any atom is 0.417 e. The minimum Gasteiger partial charge on any atom is -0.478 e. The van der Waals surface area contributed by atoms with Crippen LogP contribution in [0.3, 0.4) is 0 Å². The van der Waals surface area contributed by atoms with Crippen LogP contribution in [0.1, 0.15) is 35.3 Å². The number of carboxylic acid groups (broad SMARTS) is 1. The minimum atomic E-state index is -4.90. The number of nitrogens with zero attached hydrogens (tertiary/aromatic N) is 3. The van der Waals surface area contributed by atoms with E-state index in [2.05, 4.69) is 0 Å². The number of urea groups is 1. The van der Waals surface area contributed by atoms with Crippen LogP contribution in [0.15, 0.2) is 36.4 Å². The number of aromatic carboxylic acids is 1. The molecule has 2 aromatic rings. The molecule has 0 bridgehead atoms. The van der Waals surface area contributed by atoms with E-state index in [9.17, 15) is 31.9 Å². The van der Waals surface area contributed by atoms with E-state index in [-0.39, 0.29) is 5.69 Å². The fraction of sp³-hybridized carbons (Fsp3) is 0.200. The molecule has 0 unspecified atom stereocenters. The summed E-state index contributed by atoms with van der Waals surface area (Å²) in [6.07, 6.45) is -4.90. The highest BCUT2D eigenvalue weighted by molar-refractivity contribution is 6.30. The van der Waals surface area contributed by atoms with Crippen molar-refractivity contribution in [1.29, 1.82) is 5.26 Å². The van der Waals surface area contributed by atoms with Gasteiger partial charge in [0.15, 0.2) is 0 Å². The lowest BCUT2D eigenvalue weighted by molar-refractivity contribution is -0.137. The van der Waals surface area contributed by atoms with Crippen LogP contribution in [0, 0.1) is 17.1 Å². The Labute approximate surface area is 172 Å². The minimum absolute atomic E-state index is 0.155. The van der Waals surface area contributed by atoms with Gasteiger partial charge in [0, 0.05) is 5.69 Å². The Bertz CT molecular complexity index is 1170. The van der Waals surface area contributed by atoms with E-state index in [4.69, 9.17) is 10.4 Å². The zero-order valence-electron chi connectivity index (χ0n) is 16.0. The molecule has 0 atom stereocenters. The number of alkyl halides is 3. The number of amides is 3. The topological polar surface area (TPSA) is 102 Å². The second-order valence-corrected chi connectivity index (χ2v) is 7.13. The van der Waals surface area contributed by atoms with Crippen molar-refractivity contribution in [3.8, 4) is 6.07 Å². The number of imide groups is 1. The third-order valence-electron chi connectivity index (χ3n) is 4.80. The first-order valence-electron chi connectivity index (χ1n) is 8.63. The molecule has 31 heavy (non-hydrogen) atoms. The van der Waals surface area contributed by atoms with Crippen molar-refractivity contribution in [2.45, 2.75) is 25.6 Å². The van der Waals surface area contributed by atoms with Crippen molar-refractivity contribution < 1.29 is 37.1 Å². The monoisotopic (exact) mass is 435 g/mol. The van der Waals surface area contributed by atoms with Crippen LogP contribution in [0.2, 0.25) is 0 Å². The largest absolute Gasteiger partial charge is 0.478 e. The molecular formula is C20H13F4N3O4. The SMILES string of the molecule is CC1(C)C(=O)N(c2ccc(C#N)c(C(F)(F)F)c2)C(=O)N1c1ccc(C(=O)O)c(F)c1. The van der Waals surface area contributed by atoms with Crippen molar-refractivity contribution in [2.24, 2.45) is 0 Å². The molecule has 2 aromatic carbocycles. The fourth-order valence-electron chi connectivity index (χ4n) is 3.28. The predicted molar refractivity (Wildman–Crippen MR) is 99.0 cm³/mol. The van der Waals surface area contributed by atoms with E-state index in [1.807, 2.05) is 0 Å². The number of halogens is 4. The summed E-state index contributed by atoms with van der Waals surface area (Å²) < 4.78 is 54.0. The molecule has 1 fully saturated rings. The molecule has 1 saturated heterocycles. The molecule has 0 aromatic heterocycles. The van der Waals surface area contributed by atoms with E-state index in [0.29, 0.717) is 11.0 Å². The smallest absolute Gasteiger partial charge is 0.417 e. The van der Waals surface area contributed by atoms with Crippen LogP contribution in [0.25, 0.3) is 0 Å². The van der Waals surface area contributed by atoms with E-state index >= 15 is 0 Å². The van der Waals surface area contributed by atoms with Crippen molar-refractivity contribution in [1.82, 2.24) is 0 Å². The molecule has 0 saturated carbocycles. The standard InChI is InChI=1S/C20H13F4N3O4/c1-19(2)17(30)26(11-4-3-10(9-25)14(7-11)20(22,23)24)18(31)27(19)12-5-6-13(16(28)29)15(21)8-12/h3-8H,1-2H3,(H,28,29).